The van der Waals surface area contributed by atoms with Gasteiger partial charge < -0.3 is 10.2 Å². The van der Waals surface area contributed by atoms with E-state index in [0.29, 0.717) is 23.5 Å². The minimum atomic E-state index is -0.425. The van der Waals surface area contributed by atoms with Gasteiger partial charge in [0.25, 0.3) is 0 Å². The third kappa shape index (κ3) is 2.40. The van der Waals surface area contributed by atoms with Crippen LogP contribution in [-0.2, 0) is 6.42 Å². The molecule has 0 saturated heterocycles. The number of aromatic hydroxyl groups is 1. The van der Waals surface area contributed by atoms with Gasteiger partial charge in [-0.25, -0.2) is 4.39 Å². The molecule has 0 heterocycles. The maximum atomic E-state index is 13.6. The zero-order chi connectivity index (χ0) is 17.1. The second kappa shape index (κ2) is 5.59. The third-order valence-electron chi connectivity index (χ3n) is 7.04. The Balaban J connectivity index is 1.73. The Kier molecular flexibility index (Phi) is 3.76. The lowest BCUT2D eigenvalue weighted by Crippen LogP contribution is -2.42. The number of allylic oxidation sites excluding steroid dienone is 1. The smallest absolute Gasteiger partial charge is 0.115 e. The summed E-state index contributed by atoms with van der Waals surface area (Å²) in [5.41, 5.74) is 2.75. The molecule has 2 N–H and O–H groups in total. The van der Waals surface area contributed by atoms with Crippen molar-refractivity contribution in [2.24, 2.45) is 23.2 Å². The number of phenolic OH excluding ortho intramolecular Hbond substituents is 1. The third-order valence-corrected chi connectivity index (χ3v) is 7.04. The first-order chi connectivity index (χ1) is 11.4. The molecule has 3 aliphatic carbocycles. The number of hydrogen-bond acceptors (Lipinski definition) is 2. The Hall–Kier alpha value is -1.35. The van der Waals surface area contributed by atoms with Gasteiger partial charge in [0.05, 0.1) is 11.9 Å². The first-order valence-corrected chi connectivity index (χ1v) is 9.23. The van der Waals surface area contributed by atoms with E-state index in [9.17, 15) is 14.6 Å². The summed E-state index contributed by atoms with van der Waals surface area (Å²) in [7, 11) is 0. The lowest BCUT2D eigenvalue weighted by atomic mass is 9.54. The van der Waals surface area contributed by atoms with Gasteiger partial charge in [0.2, 0.25) is 0 Å². The van der Waals surface area contributed by atoms with Crippen molar-refractivity contribution in [2.75, 3.05) is 0 Å². The maximum Gasteiger partial charge on any atom is 0.115 e. The van der Waals surface area contributed by atoms with Gasteiger partial charge in [-0.15, -0.1) is 0 Å². The topological polar surface area (TPSA) is 40.5 Å². The second-order valence-electron chi connectivity index (χ2n) is 8.51. The zero-order valence-electron chi connectivity index (χ0n) is 14.5. The van der Waals surface area contributed by atoms with Crippen LogP contribution in [0.3, 0.4) is 0 Å². The van der Waals surface area contributed by atoms with Gasteiger partial charge in [-0.3, -0.25) is 0 Å². The molecule has 3 aliphatic rings. The van der Waals surface area contributed by atoms with E-state index in [1.807, 2.05) is 6.07 Å². The van der Waals surface area contributed by atoms with Crippen LogP contribution >= 0.6 is 0 Å². The number of aliphatic hydroxyl groups is 1. The average Bonchev–Trinajstić information content (AvgIpc) is 2.76. The molecular weight excluding hydrogens is 303 g/mol. The van der Waals surface area contributed by atoms with Gasteiger partial charge >= 0.3 is 0 Å². The summed E-state index contributed by atoms with van der Waals surface area (Å²) in [6.45, 7) is 3.78. The Morgan fingerprint density at radius 3 is 2.88 bits per heavy atom. The van der Waals surface area contributed by atoms with Crippen molar-refractivity contribution in [3.8, 4) is 5.75 Å². The number of halogens is 1. The highest BCUT2D eigenvalue weighted by molar-refractivity contribution is 5.40. The Bertz CT molecular complexity index is 678. The number of fused-ring (bicyclic) bond motifs is 5. The van der Waals surface area contributed by atoms with Gasteiger partial charge in [-0.2, -0.15) is 0 Å². The number of rotatable bonds is 1. The van der Waals surface area contributed by atoms with E-state index < -0.39 is 6.10 Å². The molecule has 4 rings (SSSR count). The predicted molar refractivity (Wildman–Crippen MR) is 92.5 cm³/mol. The lowest BCUT2D eigenvalue weighted by Gasteiger charge is -2.50. The molecule has 2 fully saturated rings. The van der Waals surface area contributed by atoms with E-state index in [1.165, 1.54) is 18.1 Å². The minimum absolute atomic E-state index is 0.0635. The summed E-state index contributed by atoms with van der Waals surface area (Å²) >= 11 is 0. The number of phenols is 1. The van der Waals surface area contributed by atoms with Crippen molar-refractivity contribution in [1.29, 1.82) is 0 Å². The monoisotopic (exact) mass is 330 g/mol. The second-order valence-corrected chi connectivity index (χ2v) is 8.51. The van der Waals surface area contributed by atoms with Crippen molar-refractivity contribution in [1.82, 2.24) is 0 Å². The van der Waals surface area contributed by atoms with Crippen molar-refractivity contribution >= 4 is 0 Å². The van der Waals surface area contributed by atoms with Gasteiger partial charge in [0, 0.05) is 5.92 Å². The van der Waals surface area contributed by atoms with Crippen LogP contribution in [0.5, 0.6) is 5.75 Å². The largest absolute Gasteiger partial charge is 0.508 e. The number of aliphatic hydroxyl groups excluding tert-OH is 1. The van der Waals surface area contributed by atoms with Crippen molar-refractivity contribution in [2.45, 2.75) is 58.0 Å². The number of hydrogen-bond donors (Lipinski definition) is 2. The molecule has 0 unspecified atom stereocenters. The Morgan fingerprint density at radius 2 is 2.12 bits per heavy atom. The molecular formula is C21H27FO2. The first kappa shape index (κ1) is 16.1. The van der Waals surface area contributed by atoms with Crippen LogP contribution < -0.4 is 0 Å². The average molecular weight is 330 g/mol. The van der Waals surface area contributed by atoms with E-state index in [2.05, 4.69) is 13.0 Å². The van der Waals surface area contributed by atoms with Crippen LogP contribution in [0.1, 0.15) is 56.6 Å². The highest BCUT2D eigenvalue weighted by atomic mass is 19.1. The molecule has 0 aliphatic heterocycles. The van der Waals surface area contributed by atoms with Crippen molar-refractivity contribution in [3.05, 3.63) is 41.2 Å². The molecule has 1 aromatic rings. The van der Waals surface area contributed by atoms with Crippen LogP contribution in [-0.4, -0.2) is 16.3 Å². The summed E-state index contributed by atoms with van der Waals surface area (Å²) in [6, 6.07) is 5.79. The normalized spacial score (nSPS) is 41.5. The van der Waals surface area contributed by atoms with Crippen LogP contribution in [0.2, 0.25) is 0 Å². The van der Waals surface area contributed by atoms with E-state index in [4.69, 9.17) is 0 Å². The van der Waals surface area contributed by atoms with Crippen molar-refractivity contribution < 1.29 is 14.6 Å². The lowest BCUT2D eigenvalue weighted by molar-refractivity contribution is 0.0426. The van der Waals surface area contributed by atoms with E-state index in [-0.39, 0.29) is 17.2 Å². The van der Waals surface area contributed by atoms with Gasteiger partial charge in [-0.05, 0) is 91.5 Å². The molecule has 2 nitrogen and oxygen atoms in total. The zero-order valence-corrected chi connectivity index (χ0v) is 14.5. The fourth-order valence-electron chi connectivity index (χ4n) is 6.21. The number of benzene rings is 1. The van der Waals surface area contributed by atoms with Crippen molar-refractivity contribution in [3.63, 3.8) is 0 Å². The van der Waals surface area contributed by atoms with Gasteiger partial charge in [0.1, 0.15) is 5.75 Å². The summed E-state index contributed by atoms with van der Waals surface area (Å²) < 4.78 is 13.6. The maximum absolute atomic E-state index is 13.6. The minimum Gasteiger partial charge on any atom is -0.508 e. The molecule has 1 aromatic carbocycles. The van der Waals surface area contributed by atoms with E-state index in [0.717, 1.165) is 32.1 Å². The van der Waals surface area contributed by atoms with Crippen LogP contribution in [0.15, 0.2) is 30.1 Å². The molecule has 0 amide bonds. The van der Waals surface area contributed by atoms with E-state index in [1.54, 1.807) is 12.1 Å². The summed E-state index contributed by atoms with van der Waals surface area (Å²) in [4.78, 5) is 0. The van der Waals surface area contributed by atoms with E-state index >= 15 is 0 Å². The van der Waals surface area contributed by atoms with Crippen LogP contribution in [0.25, 0.3) is 0 Å². The summed E-state index contributed by atoms with van der Waals surface area (Å²) in [6.07, 6.45) is 6.31. The molecule has 24 heavy (non-hydrogen) atoms. The summed E-state index contributed by atoms with van der Waals surface area (Å²) in [5, 5.41) is 20.4. The molecule has 0 spiro atoms. The molecule has 130 valence electrons. The first-order valence-electron chi connectivity index (χ1n) is 9.23. The fraction of sp³-hybridized carbons (Fsp3) is 0.619. The predicted octanol–water partition coefficient (Wildman–Crippen LogP) is 4.71. The highest BCUT2D eigenvalue weighted by Gasteiger charge is 2.56. The standard InChI is InChI=1S/C21H27FO2/c1-12(22)9-18-19(24)11-21(2)8-7-16-15-6-4-14(23)10-13(15)3-5-17(16)20(18)21/h4,6,9-10,16-20,23-24H,3,5,7-8,11H2,1-2H3/t16-,17-,18+,19-,20-,21-/m1/s1. The molecule has 3 heteroatoms. The molecule has 0 aromatic heterocycles. The molecule has 6 atom stereocenters. The number of aryl methyl sites for hydroxylation is 1. The molecule has 0 radical (unpaired) electrons. The molecule has 2 saturated carbocycles. The van der Waals surface area contributed by atoms with Crippen LogP contribution in [0, 0.1) is 23.2 Å². The quantitative estimate of drug-likeness (QED) is 0.783. The Labute approximate surface area is 143 Å². The molecule has 0 bridgehead atoms. The SMILES string of the molecule is CC(F)=C[C@@H]1[C@H]2[C@@H]3CCc4cc(O)ccc4[C@H]3CC[C@]2(C)C[C@H]1O. The highest BCUT2D eigenvalue weighted by Crippen LogP contribution is 2.63. The van der Waals surface area contributed by atoms with Gasteiger partial charge in [0.15, 0.2) is 0 Å². The Morgan fingerprint density at radius 1 is 1.33 bits per heavy atom. The van der Waals surface area contributed by atoms with Crippen LogP contribution in [0.4, 0.5) is 4.39 Å². The summed E-state index contributed by atoms with van der Waals surface area (Å²) in [5.74, 6) is 1.43. The van der Waals surface area contributed by atoms with Gasteiger partial charge in [-0.1, -0.05) is 13.0 Å². The fourth-order valence-corrected chi connectivity index (χ4v) is 6.21.